The molecule has 0 aliphatic heterocycles. The number of benzene rings is 2. The molecule has 128 valence electrons. The number of hydrogen-bond acceptors (Lipinski definition) is 3. The van der Waals surface area contributed by atoms with E-state index in [1.54, 1.807) is 6.07 Å². The zero-order valence-corrected chi connectivity index (χ0v) is 15.2. The van der Waals surface area contributed by atoms with Gasteiger partial charge in [0.2, 0.25) is 0 Å². The highest BCUT2D eigenvalue weighted by atomic mass is 79.9. The molecule has 0 atom stereocenters. The SMILES string of the molecule is CCc1cccc(NC(=O)COC(=O)c2[nH]c3ccccc3c2Br)c1. The standard InChI is InChI=1S/C19H17BrN2O3/c1-2-12-6-5-7-13(10-12)21-16(23)11-25-19(24)18-17(20)14-8-3-4-9-15(14)22-18/h3-10,22H,2,11H2,1H3,(H,21,23). The van der Waals surface area contributed by atoms with Crippen LogP contribution in [0.15, 0.2) is 53.0 Å². The van der Waals surface area contributed by atoms with Crippen LogP contribution >= 0.6 is 15.9 Å². The van der Waals surface area contributed by atoms with Crippen LogP contribution in [-0.2, 0) is 16.0 Å². The lowest BCUT2D eigenvalue weighted by molar-refractivity contribution is -0.119. The van der Waals surface area contributed by atoms with Gasteiger partial charge in [-0.05, 0) is 46.1 Å². The molecule has 0 radical (unpaired) electrons. The first-order chi connectivity index (χ1) is 12.1. The Morgan fingerprint density at radius 3 is 2.72 bits per heavy atom. The molecule has 6 heteroatoms. The van der Waals surface area contributed by atoms with E-state index in [2.05, 4.69) is 26.2 Å². The van der Waals surface area contributed by atoms with Gasteiger partial charge in [0.05, 0.1) is 4.47 Å². The molecule has 3 aromatic rings. The number of esters is 1. The fourth-order valence-corrected chi connectivity index (χ4v) is 3.12. The summed E-state index contributed by atoms with van der Waals surface area (Å²) in [5, 5.41) is 3.61. The Balaban J connectivity index is 1.63. The predicted molar refractivity (Wildman–Crippen MR) is 101 cm³/mol. The third-order valence-electron chi connectivity index (χ3n) is 3.80. The van der Waals surface area contributed by atoms with Gasteiger partial charge in [0.1, 0.15) is 5.69 Å². The minimum absolute atomic E-state index is 0.294. The number of para-hydroxylation sites is 1. The summed E-state index contributed by atoms with van der Waals surface area (Å²) < 4.78 is 5.75. The molecule has 0 spiro atoms. The molecule has 1 heterocycles. The average Bonchev–Trinajstić information content (AvgIpc) is 2.97. The first-order valence-corrected chi connectivity index (χ1v) is 8.70. The fourth-order valence-electron chi connectivity index (χ4n) is 2.52. The van der Waals surface area contributed by atoms with Gasteiger partial charge in [-0.1, -0.05) is 37.3 Å². The first-order valence-electron chi connectivity index (χ1n) is 7.90. The molecule has 2 aromatic carbocycles. The third kappa shape index (κ3) is 3.91. The van der Waals surface area contributed by atoms with Gasteiger partial charge in [-0.2, -0.15) is 0 Å². The highest BCUT2D eigenvalue weighted by molar-refractivity contribution is 9.10. The van der Waals surface area contributed by atoms with Crippen molar-refractivity contribution in [2.75, 3.05) is 11.9 Å². The third-order valence-corrected chi connectivity index (χ3v) is 4.62. The van der Waals surface area contributed by atoms with E-state index in [4.69, 9.17) is 4.74 Å². The Hall–Kier alpha value is -2.60. The second kappa shape index (κ2) is 7.53. The normalized spacial score (nSPS) is 10.6. The number of hydrogen-bond donors (Lipinski definition) is 2. The van der Waals surface area contributed by atoms with Gasteiger partial charge < -0.3 is 15.0 Å². The number of rotatable bonds is 5. The largest absolute Gasteiger partial charge is 0.451 e. The number of aryl methyl sites for hydroxylation is 1. The summed E-state index contributed by atoms with van der Waals surface area (Å²) in [6, 6.07) is 15.1. The van der Waals surface area contributed by atoms with Crippen molar-refractivity contribution in [3.05, 3.63) is 64.3 Å². The number of ether oxygens (including phenoxy) is 1. The molecule has 1 amide bonds. The lowest BCUT2D eigenvalue weighted by atomic mass is 10.1. The monoisotopic (exact) mass is 400 g/mol. The average molecular weight is 401 g/mol. The summed E-state index contributed by atoms with van der Waals surface area (Å²) in [5.41, 5.74) is 2.92. The predicted octanol–water partition coefficient (Wildman–Crippen LogP) is 4.29. The maximum absolute atomic E-state index is 12.2. The van der Waals surface area contributed by atoms with Crippen LogP contribution in [0.4, 0.5) is 5.69 Å². The molecular formula is C19H17BrN2O3. The van der Waals surface area contributed by atoms with Crippen LogP contribution in [0.3, 0.4) is 0 Å². The summed E-state index contributed by atoms with van der Waals surface area (Å²) in [6.07, 6.45) is 0.882. The van der Waals surface area contributed by atoms with Crippen molar-refractivity contribution in [2.45, 2.75) is 13.3 Å². The molecule has 0 saturated heterocycles. The summed E-state index contributed by atoms with van der Waals surface area (Å²) >= 11 is 3.40. The quantitative estimate of drug-likeness (QED) is 0.627. The zero-order chi connectivity index (χ0) is 17.8. The highest BCUT2D eigenvalue weighted by Gasteiger charge is 2.18. The van der Waals surface area contributed by atoms with E-state index in [0.717, 1.165) is 22.9 Å². The minimum atomic E-state index is -0.583. The Kier molecular flexibility index (Phi) is 5.19. The smallest absolute Gasteiger partial charge is 0.356 e. The van der Waals surface area contributed by atoms with E-state index < -0.39 is 5.97 Å². The Morgan fingerprint density at radius 2 is 1.96 bits per heavy atom. The summed E-state index contributed by atoms with van der Waals surface area (Å²) in [7, 11) is 0. The number of carbonyl (C=O) groups is 2. The number of nitrogens with one attached hydrogen (secondary N) is 2. The van der Waals surface area contributed by atoms with Gasteiger partial charge in [-0.25, -0.2) is 4.79 Å². The summed E-state index contributed by atoms with van der Waals surface area (Å²) in [4.78, 5) is 27.2. The number of carbonyl (C=O) groups excluding carboxylic acids is 2. The van der Waals surface area contributed by atoms with Gasteiger partial charge in [0.15, 0.2) is 6.61 Å². The molecule has 5 nitrogen and oxygen atoms in total. The van der Waals surface area contributed by atoms with E-state index in [0.29, 0.717) is 15.9 Å². The lowest BCUT2D eigenvalue weighted by Gasteiger charge is -2.07. The summed E-state index contributed by atoms with van der Waals surface area (Å²) in [6.45, 7) is 1.69. The number of aromatic nitrogens is 1. The molecule has 0 bridgehead atoms. The Morgan fingerprint density at radius 1 is 1.16 bits per heavy atom. The van der Waals surface area contributed by atoms with Gasteiger partial charge in [-0.15, -0.1) is 0 Å². The molecule has 0 fully saturated rings. The van der Waals surface area contributed by atoms with Gasteiger partial charge >= 0.3 is 5.97 Å². The Bertz CT molecular complexity index is 933. The second-order valence-corrected chi connectivity index (χ2v) is 6.33. The van der Waals surface area contributed by atoms with Crippen LogP contribution in [0.5, 0.6) is 0 Å². The van der Waals surface area contributed by atoms with Crippen molar-refractivity contribution in [3.8, 4) is 0 Å². The van der Waals surface area contributed by atoms with Crippen LogP contribution in [0.1, 0.15) is 23.0 Å². The number of amides is 1. The van der Waals surface area contributed by atoms with Crippen molar-refractivity contribution in [3.63, 3.8) is 0 Å². The number of halogens is 1. The van der Waals surface area contributed by atoms with Crippen LogP contribution < -0.4 is 5.32 Å². The molecular weight excluding hydrogens is 384 g/mol. The van der Waals surface area contributed by atoms with Crippen LogP contribution in [0.2, 0.25) is 0 Å². The lowest BCUT2D eigenvalue weighted by Crippen LogP contribution is -2.21. The Labute approximate surface area is 153 Å². The molecule has 25 heavy (non-hydrogen) atoms. The second-order valence-electron chi connectivity index (χ2n) is 5.54. The van der Waals surface area contributed by atoms with E-state index in [-0.39, 0.29) is 12.5 Å². The first kappa shape index (κ1) is 17.2. The molecule has 3 rings (SSSR count). The summed E-state index contributed by atoms with van der Waals surface area (Å²) in [5.74, 6) is -0.964. The van der Waals surface area contributed by atoms with Crippen LogP contribution in [-0.4, -0.2) is 23.5 Å². The topological polar surface area (TPSA) is 71.2 Å². The number of fused-ring (bicyclic) bond motifs is 1. The van der Waals surface area contributed by atoms with Gasteiger partial charge in [0, 0.05) is 16.6 Å². The van der Waals surface area contributed by atoms with Crippen molar-refractivity contribution < 1.29 is 14.3 Å². The number of aromatic amines is 1. The van der Waals surface area contributed by atoms with E-state index >= 15 is 0 Å². The van der Waals surface area contributed by atoms with Gasteiger partial charge in [-0.3, -0.25) is 4.79 Å². The van der Waals surface area contributed by atoms with E-state index in [9.17, 15) is 9.59 Å². The van der Waals surface area contributed by atoms with E-state index in [1.807, 2.05) is 49.4 Å². The molecule has 2 N–H and O–H groups in total. The van der Waals surface area contributed by atoms with Gasteiger partial charge in [0.25, 0.3) is 5.91 Å². The maximum Gasteiger partial charge on any atom is 0.356 e. The molecule has 1 aromatic heterocycles. The van der Waals surface area contributed by atoms with Crippen LogP contribution in [0.25, 0.3) is 10.9 Å². The highest BCUT2D eigenvalue weighted by Crippen LogP contribution is 2.28. The maximum atomic E-state index is 12.2. The zero-order valence-electron chi connectivity index (χ0n) is 13.6. The fraction of sp³-hybridized carbons (Fsp3) is 0.158. The molecule has 0 saturated carbocycles. The minimum Gasteiger partial charge on any atom is -0.451 e. The van der Waals surface area contributed by atoms with Crippen molar-refractivity contribution in [2.24, 2.45) is 0 Å². The number of anilines is 1. The number of H-pyrrole nitrogens is 1. The van der Waals surface area contributed by atoms with Crippen molar-refractivity contribution in [1.29, 1.82) is 0 Å². The molecule has 0 aliphatic rings. The van der Waals surface area contributed by atoms with Crippen molar-refractivity contribution >= 4 is 44.4 Å². The van der Waals surface area contributed by atoms with Crippen molar-refractivity contribution in [1.82, 2.24) is 4.98 Å². The molecule has 0 unspecified atom stereocenters. The van der Waals surface area contributed by atoms with Crippen LogP contribution in [0, 0.1) is 0 Å². The van der Waals surface area contributed by atoms with E-state index in [1.165, 1.54) is 0 Å². The molecule has 0 aliphatic carbocycles.